The van der Waals surface area contributed by atoms with Crippen LogP contribution in [-0.2, 0) is 16.4 Å². The predicted octanol–water partition coefficient (Wildman–Crippen LogP) is 4.62. The van der Waals surface area contributed by atoms with Gasteiger partial charge in [-0.15, -0.1) is 0 Å². The van der Waals surface area contributed by atoms with E-state index < -0.39 is 15.8 Å². The summed E-state index contributed by atoms with van der Waals surface area (Å²) in [6, 6.07) is 10.2. The molecule has 33 heavy (non-hydrogen) atoms. The van der Waals surface area contributed by atoms with Gasteiger partial charge in [0.05, 0.1) is 10.6 Å². The number of sulfonamides is 1. The second-order valence-electron chi connectivity index (χ2n) is 8.02. The molecule has 2 aromatic carbocycles. The van der Waals surface area contributed by atoms with Crippen molar-refractivity contribution < 1.29 is 22.0 Å². The Hall–Kier alpha value is -3.46. The van der Waals surface area contributed by atoms with Gasteiger partial charge in [-0.25, -0.2) is 4.39 Å². The molecule has 7 nitrogen and oxygen atoms in total. The van der Waals surface area contributed by atoms with Crippen LogP contribution in [0.1, 0.15) is 51.4 Å². The number of benzene rings is 2. The first-order valence-electron chi connectivity index (χ1n) is 10.5. The van der Waals surface area contributed by atoms with Crippen LogP contribution in [0.15, 0.2) is 56.9 Å². The summed E-state index contributed by atoms with van der Waals surface area (Å²) in [7, 11) is -3.96. The number of anilines is 1. The lowest BCUT2D eigenvalue weighted by molar-refractivity contribution is 0.0994. The van der Waals surface area contributed by atoms with Crippen molar-refractivity contribution in [2.24, 2.45) is 5.10 Å². The molecule has 9 heteroatoms. The molecule has 2 N–H and O–H groups in total. The Morgan fingerprint density at radius 3 is 2.48 bits per heavy atom. The first-order valence-corrected chi connectivity index (χ1v) is 12.0. The smallest absolute Gasteiger partial charge is 0.291 e. The van der Waals surface area contributed by atoms with Crippen molar-refractivity contribution >= 4 is 27.3 Å². The number of fused-ring (bicyclic) bond motifs is 1. The van der Waals surface area contributed by atoms with Gasteiger partial charge >= 0.3 is 0 Å². The quantitative estimate of drug-likeness (QED) is 0.533. The Bertz CT molecular complexity index is 1360. The zero-order chi connectivity index (χ0) is 23.8. The lowest BCUT2D eigenvalue weighted by Gasteiger charge is -2.14. The highest BCUT2D eigenvalue weighted by molar-refractivity contribution is 7.89. The van der Waals surface area contributed by atoms with E-state index in [0.717, 1.165) is 23.3 Å². The van der Waals surface area contributed by atoms with E-state index in [0.29, 0.717) is 47.5 Å². The molecule has 1 heterocycles. The fourth-order valence-corrected chi connectivity index (χ4v) is 4.67. The van der Waals surface area contributed by atoms with E-state index >= 15 is 0 Å². The van der Waals surface area contributed by atoms with Crippen LogP contribution in [0, 0.1) is 26.6 Å². The monoisotopic (exact) mass is 469 g/mol. The molecule has 0 unspecified atom stereocenters. The minimum Gasteiger partial charge on any atom is -0.455 e. The number of hydrogen-bond acceptors (Lipinski definition) is 5. The summed E-state index contributed by atoms with van der Waals surface area (Å²) >= 11 is 0. The lowest BCUT2D eigenvalue weighted by Crippen LogP contribution is -2.22. The summed E-state index contributed by atoms with van der Waals surface area (Å²) in [5.74, 6) is -0.124. The maximum absolute atomic E-state index is 13.1. The van der Waals surface area contributed by atoms with Crippen LogP contribution in [0.2, 0.25) is 0 Å². The van der Waals surface area contributed by atoms with Crippen LogP contribution in [0.3, 0.4) is 0 Å². The number of amides is 1. The number of carbonyl (C=O) groups excluding carboxylic acids is 1. The third kappa shape index (κ3) is 4.54. The average Bonchev–Trinajstić information content (AvgIpc) is 3.13. The minimum atomic E-state index is -3.96. The summed E-state index contributed by atoms with van der Waals surface area (Å²) in [4.78, 5) is 15.1. The number of aryl methyl sites for hydroxylation is 2. The van der Waals surface area contributed by atoms with Gasteiger partial charge in [-0.2, -0.15) is 18.4 Å². The summed E-state index contributed by atoms with van der Waals surface area (Å²) in [5.41, 5.74) is 4.48. The third-order valence-corrected chi connectivity index (χ3v) is 7.03. The van der Waals surface area contributed by atoms with E-state index in [4.69, 9.17) is 4.42 Å². The molecule has 1 aliphatic rings. The highest BCUT2D eigenvalue weighted by atomic mass is 32.2. The van der Waals surface area contributed by atoms with E-state index in [2.05, 4.69) is 15.2 Å². The maximum atomic E-state index is 13.1. The van der Waals surface area contributed by atoms with Gasteiger partial charge in [0.1, 0.15) is 11.6 Å². The Morgan fingerprint density at radius 1 is 1.03 bits per heavy atom. The Kier molecular flexibility index (Phi) is 6.07. The topological polar surface area (TPSA) is 101 Å². The normalized spacial score (nSPS) is 14.7. The lowest BCUT2D eigenvalue weighted by atomic mass is 9.93. The van der Waals surface area contributed by atoms with Crippen LogP contribution in [-0.4, -0.2) is 20.0 Å². The molecule has 0 radical (unpaired) electrons. The predicted molar refractivity (Wildman–Crippen MR) is 124 cm³/mol. The molecule has 1 amide bonds. The number of nitrogens with one attached hydrogen (secondary N) is 2. The number of hydrogen-bond donors (Lipinski definition) is 2. The maximum Gasteiger partial charge on any atom is 0.291 e. The number of hydrazone groups is 1. The third-order valence-electron chi connectivity index (χ3n) is 5.81. The molecule has 4 rings (SSSR count). The van der Waals surface area contributed by atoms with Gasteiger partial charge in [0.25, 0.3) is 15.9 Å². The summed E-state index contributed by atoms with van der Waals surface area (Å²) in [6.45, 7) is 5.66. The first-order chi connectivity index (χ1) is 15.7. The van der Waals surface area contributed by atoms with Gasteiger partial charge in [0.2, 0.25) is 0 Å². The van der Waals surface area contributed by atoms with Gasteiger partial charge in [-0.1, -0.05) is 12.1 Å². The fourth-order valence-electron chi connectivity index (χ4n) is 3.84. The van der Waals surface area contributed by atoms with Crippen molar-refractivity contribution in [1.29, 1.82) is 0 Å². The van der Waals surface area contributed by atoms with Crippen molar-refractivity contribution in [3.05, 3.63) is 82.1 Å². The van der Waals surface area contributed by atoms with E-state index in [1.165, 1.54) is 12.1 Å². The molecule has 1 aliphatic carbocycles. The largest absolute Gasteiger partial charge is 0.455 e. The minimum absolute atomic E-state index is 0.0956. The number of carbonyl (C=O) groups is 1. The van der Waals surface area contributed by atoms with Gasteiger partial charge in [0.15, 0.2) is 5.76 Å². The number of rotatable bonds is 5. The van der Waals surface area contributed by atoms with Crippen LogP contribution in [0.5, 0.6) is 0 Å². The summed E-state index contributed by atoms with van der Waals surface area (Å²) in [6.07, 6.45) is 1.85. The van der Waals surface area contributed by atoms with Crippen LogP contribution >= 0.6 is 0 Å². The second kappa shape index (κ2) is 8.82. The molecule has 0 bridgehead atoms. The standard InChI is InChI=1S/C24H24FN3O4S/c1-14-6-4-7-19(15(14)2)26-24(29)23-16(3)22-20(8-5-9-21(22)32-23)27-28-33(30,31)18-12-10-17(25)11-13-18/h4,6-7,10-13,28H,5,8-9H2,1-3H3,(H,26,29)/b27-20+. The van der Waals surface area contributed by atoms with Crippen molar-refractivity contribution in [2.75, 3.05) is 5.32 Å². The Balaban J connectivity index is 1.61. The molecule has 3 aromatic rings. The van der Waals surface area contributed by atoms with Gasteiger partial charge < -0.3 is 9.73 Å². The second-order valence-corrected chi connectivity index (χ2v) is 9.68. The molecule has 0 saturated carbocycles. The molecule has 0 fully saturated rings. The fraction of sp³-hybridized carbons (Fsp3) is 0.250. The van der Waals surface area contributed by atoms with Crippen LogP contribution in [0.4, 0.5) is 10.1 Å². The Labute approximate surface area is 191 Å². The SMILES string of the molecule is Cc1cccc(NC(=O)c2oc3c(c2C)/C(=N/NS(=O)(=O)c2ccc(F)cc2)CCC3)c1C. The molecular formula is C24H24FN3O4S. The molecule has 0 atom stereocenters. The first kappa shape index (κ1) is 22.7. The molecule has 0 saturated heterocycles. The van der Waals surface area contributed by atoms with E-state index in [1.807, 2.05) is 32.0 Å². The highest BCUT2D eigenvalue weighted by Gasteiger charge is 2.28. The van der Waals surface area contributed by atoms with Gasteiger partial charge in [0, 0.05) is 23.2 Å². The zero-order valence-electron chi connectivity index (χ0n) is 18.5. The van der Waals surface area contributed by atoms with E-state index in [-0.39, 0.29) is 16.6 Å². The molecule has 0 aliphatic heterocycles. The highest BCUT2D eigenvalue weighted by Crippen LogP contribution is 2.31. The number of halogens is 1. The molecule has 1 aromatic heterocycles. The number of nitrogens with zero attached hydrogens (tertiary/aromatic N) is 1. The Morgan fingerprint density at radius 2 is 1.76 bits per heavy atom. The van der Waals surface area contributed by atoms with Crippen LogP contribution < -0.4 is 10.1 Å². The molecule has 0 spiro atoms. The summed E-state index contributed by atoms with van der Waals surface area (Å²) in [5, 5.41) is 7.03. The average molecular weight is 470 g/mol. The van der Waals surface area contributed by atoms with E-state index in [1.54, 1.807) is 6.92 Å². The van der Waals surface area contributed by atoms with Crippen molar-refractivity contribution in [3.8, 4) is 0 Å². The van der Waals surface area contributed by atoms with Gasteiger partial charge in [-0.05, 0) is 75.1 Å². The van der Waals surface area contributed by atoms with E-state index in [9.17, 15) is 17.6 Å². The summed E-state index contributed by atoms with van der Waals surface area (Å²) < 4.78 is 44.1. The molecule has 172 valence electrons. The van der Waals surface area contributed by atoms with Gasteiger partial charge in [-0.3, -0.25) is 4.79 Å². The molecular weight excluding hydrogens is 445 g/mol. The van der Waals surface area contributed by atoms with Crippen molar-refractivity contribution in [3.63, 3.8) is 0 Å². The zero-order valence-corrected chi connectivity index (χ0v) is 19.3. The van der Waals surface area contributed by atoms with Crippen LogP contribution in [0.25, 0.3) is 0 Å². The van der Waals surface area contributed by atoms with Crippen molar-refractivity contribution in [1.82, 2.24) is 4.83 Å². The van der Waals surface area contributed by atoms with Crippen molar-refractivity contribution in [2.45, 2.75) is 44.9 Å². The number of furan rings is 1.